The predicted octanol–water partition coefficient (Wildman–Crippen LogP) is 1.91. The van der Waals surface area contributed by atoms with E-state index < -0.39 is 6.04 Å². The molecule has 1 aliphatic rings. The van der Waals surface area contributed by atoms with E-state index in [0.717, 1.165) is 10.6 Å². The lowest BCUT2D eigenvalue weighted by molar-refractivity contribution is -0.117. The maximum atomic E-state index is 12.3. The molecule has 1 aromatic heterocycles. The average molecular weight is 333 g/mol. The van der Waals surface area contributed by atoms with Crippen LogP contribution in [0.25, 0.3) is 0 Å². The van der Waals surface area contributed by atoms with Crippen molar-refractivity contribution >= 4 is 22.4 Å². The minimum Gasteiger partial charge on any atom is -0.508 e. The summed E-state index contributed by atoms with van der Waals surface area (Å²) in [5.74, 6) is 0.343. The van der Waals surface area contributed by atoms with Crippen LogP contribution in [0.1, 0.15) is 42.8 Å². The number of phenols is 1. The highest BCUT2D eigenvalue weighted by Gasteiger charge is 2.31. The lowest BCUT2D eigenvalue weighted by Crippen LogP contribution is -2.39. The lowest BCUT2D eigenvalue weighted by Gasteiger charge is -2.11. The van der Waals surface area contributed by atoms with Gasteiger partial charge in [0.1, 0.15) is 16.8 Å². The average Bonchev–Trinajstić information content (AvgIpc) is 3.16. The number of benzene rings is 1. The van der Waals surface area contributed by atoms with Gasteiger partial charge in [-0.05, 0) is 12.5 Å². The number of aromatic nitrogens is 2. The van der Waals surface area contributed by atoms with Crippen LogP contribution < -0.4 is 16.2 Å². The van der Waals surface area contributed by atoms with Gasteiger partial charge in [0, 0.05) is 11.5 Å². The molecule has 2 aromatic rings. The molecule has 1 amide bonds. The molecule has 4 N–H and O–H groups in total. The van der Waals surface area contributed by atoms with Crippen LogP contribution in [0, 0.1) is 0 Å². The Morgan fingerprint density at radius 1 is 1.35 bits per heavy atom. The van der Waals surface area contributed by atoms with Gasteiger partial charge in [-0.15, -0.1) is 10.2 Å². The van der Waals surface area contributed by atoms with Crippen LogP contribution in [0.2, 0.25) is 0 Å². The van der Waals surface area contributed by atoms with Crippen molar-refractivity contribution in [1.82, 2.24) is 21.0 Å². The number of hydrazine groups is 1. The summed E-state index contributed by atoms with van der Waals surface area (Å²) in [6.45, 7) is 4.07. The van der Waals surface area contributed by atoms with Crippen molar-refractivity contribution in [3.63, 3.8) is 0 Å². The molecule has 0 saturated carbocycles. The van der Waals surface area contributed by atoms with Crippen molar-refractivity contribution in [3.8, 4) is 5.75 Å². The molecular formula is C15H19N5O2S. The number of aromatic hydroxyl groups is 1. The first-order valence-corrected chi connectivity index (χ1v) is 8.29. The Morgan fingerprint density at radius 2 is 2.13 bits per heavy atom. The number of nitrogens with one attached hydrogen (secondary N) is 3. The molecule has 2 unspecified atom stereocenters. The number of hydrogen-bond donors (Lipinski definition) is 4. The van der Waals surface area contributed by atoms with Crippen LogP contribution in [-0.4, -0.2) is 27.3 Å². The topological polar surface area (TPSA) is 99.2 Å². The fourth-order valence-electron chi connectivity index (χ4n) is 2.43. The summed E-state index contributed by atoms with van der Waals surface area (Å²) in [4.78, 5) is 12.3. The molecule has 0 spiro atoms. The zero-order valence-electron chi connectivity index (χ0n) is 12.9. The van der Waals surface area contributed by atoms with Gasteiger partial charge in [0.2, 0.25) is 11.0 Å². The van der Waals surface area contributed by atoms with Crippen molar-refractivity contribution in [2.45, 2.75) is 38.3 Å². The first-order chi connectivity index (χ1) is 11.0. The molecule has 23 heavy (non-hydrogen) atoms. The highest BCUT2D eigenvalue weighted by atomic mass is 32.1. The minimum atomic E-state index is -0.397. The van der Waals surface area contributed by atoms with E-state index >= 15 is 0 Å². The number of carbonyl (C=O) groups is 1. The van der Waals surface area contributed by atoms with Crippen LogP contribution in [-0.2, 0) is 4.79 Å². The third kappa shape index (κ3) is 3.49. The monoisotopic (exact) mass is 333 g/mol. The SMILES string of the molecule is CC(C)c1nnc(NC(=O)C2CC(c3ccccc3O)NN2)s1. The smallest absolute Gasteiger partial charge is 0.244 e. The van der Waals surface area contributed by atoms with Crippen molar-refractivity contribution in [2.24, 2.45) is 0 Å². The molecule has 1 aromatic carbocycles. The largest absolute Gasteiger partial charge is 0.508 e. The number of anilines is 1. The Morgan fingerprint density at radius 3 is 2.83 bits per heavy atom. The molecule has 0 aliphatic carbocycles. The first-order valence-electron chi connectivity index (χ1n) is 7.48. The van der Waals surface area contributed by atoms with Crippen LogP contribution in [0.3, 0.4) is 0 Å². The number of carbonyl (C=O) groups excluding carboxylic acids is 1. The van der Waals surface area contributed by atoms with Gasteiger partial charge in [0.05, 0.1) is 6.04 Å². The first kappa shape index (κ1) is 15.9. The molecule has 8 heteroatoms. The maximum absolute atomic E-state index is 12.3. The van der Waals surface area contributed by atoms with Gasteiger partial charge >= 0.3 is 0 Å². The Kier molecular flexibility index (Phi) is 4.56. The van der Waals surface area contributed by atoms with E-state index in [1.807, 2.05) is 26.0 Å². The molecule has 1 aliphatic heterocycles. The Bertz CT molecular complexity index is 703. The highest BCUT2D eigenvalue weighted by molar-refractivity contribution is 7.15. The molecule has 2 heterocycles. The second-order valence-electron chi connectivity index (χ2n) is 5.78. The fraction of sp³-hybridized carbons (Fsp3) is 0.400. The number of amides is 1. The molecule has 0 bridgehead atoms. The lowest BCUT2D eigenvalue weighted by atomic mass is 10.0. The second kappa shape index (κ2) is 6.61. The summed E-state index contributed by atoms with van der Waals surface area (Å²) in [6.07, 6.45) is 0.541. The second-order valence-corrected chi connectivity index (χ2v) is 6.79. The number of nitrogens with zero attached hydrogens (tertiary/aromatic N) is 2. The van der Waals surface area contributed by atoms with Gasteiger partial charge in [-0.1, -0.05) is 43.4 Å². The number of rotatable bonds is 4. The van der Waals surface area contributed by atoms with Crippen LogP contribution in [0.15, 0.2) is 24.3 Å². The van der Waals surface area contributed by atoms with E-state index in [4.69, 9.17) is 0 Å². The van der Waals surface area contributed by atoms with E-state index in [2.05, 4.69) is 26.4 Å². The Hall–Kier alpha value is -2.03. The molecule has 3 rings (SSSR count). The summed E-state index contributed by atoms with van der Waals surface area (Å²) in [5.41, 5.74) is 6.79. The standard InChI is InChI=1S/C15H19N5O2S/c1-8(2)14-19-20-15(23-14)16-13(22)11-7-10(17-18-11)9-5-3-4-6-12(9)21/h3-6,8,10-11,17-18,21H,7H2,1-2H3,(H,16,20,22). The zero-order chi connectivity index (χ0) is 16.4. The fourth-order valence-corrected chi connectivity index (χ4v) is 3.17. The van der Waals surface area contributed by atoms with Gasteiger partial charge in [0.25, 0.3) is 0 Å². The van der Waals surface area contributed by atoms with Gasteiger partial charge < -0.3 is 5.11 Å². The highest BCUT2D eigenvalue weighted by Crippen LogP contribution is 2.29. The van der Waals surface area contributed by atoms with E-state index in [1.54, 1.807) is 12.1 Å². The van der Waals surface area contributed by atoms with Crippen molar-refractivity contribution in [3.05, 3.63) is 34.8 Å². The summed E-state index contributed by atoms with van der Waals surface area (Å²) in [5, 5.41) is 22.1. The zero-order valence-corrected chi connectivity index (χ0v) is 13.7. The summed E-state index contributed by atoms with van der Waals surface area (Å²) in [7, 11) is 0. The van der Waals surface area contributed by atoms with Gasteiger partial charge in [-0.3, -0.25) is 10.1 Å². The molecule has 1 saturated heterocycles. The molecule has 2 atom stereocenters. The van der Waals surface area contributed by atoms with Crippen LogP contribution in [0.4, 0.5) is 5.13 Å². The van der Waals surface area contributed by atoms with Crippen molar-refractivity contribution in [2.75, 3.05) is 5.32 Å². The van der Waals surface area contributed by atoms with Gasteiger partial charge in [0.15, 0.2) is 0 Å². The third-order valence-corrected chi connectivity index (χ3v) is 4.84. The summed E-state index contributed by atoms with van der Waals surface area (Å²) < 4.78 is 0. The summed E-state index contributed by atoms with van der Waals surface area (Å²) in [6, 6.07) is 6.60. The molecule has 1 fully saturated rings. The van der Waals surface area contributed by atoms with E-state index in [9.17, 15) is 9.90 Å². The van der Waals surface area contributed by atoms with E-state index in [-0.39, 0.29) is 23.6 Å². The molecular weight excluding hydrogens is 314 g/mol. The maximum Gasteiger partial charge on any atom is 0.244 e. The number of para-hydroxylation sites is 1. The molecule has 7 nitrogen and oxygen atoms in total. The van der Waals surface area contributed by atoms with Gasteiger partial charge in [-0.2, -0.15) is 0 Å². The Labute approximate surface area is 138 Å². The van der Waals surface area contributed by atoms with Crippen LogP contribution >= 0.6 is 11.3 Å². The normalized spacial score (nSPS) is 20.8. The van der Waals surface area contributed by atoms with E-state index in [1.165, 1.54) is 11.3 Å². The quantitative estimate of drug-likeness (QED) is 0.682. The Balaban J connectivity index is 1.62. The number of phenolic OH excluding ortho intramolecular Hbond substituents is 1. The molecule has 0 radical (unpaired) electrons. The molecule has 122 valence electrons. The predicted molar refractivity (Wildman–Crippen MR) is 88.2 cm³/mol. The van der Waals surface area contributed by atoms with Crippen LogP contribution in [0.5, 0.6) is 5.75 Å². The third-order valence-electron chi connectivity index (χ3n) is 3.70. The number of hydrogen-bond acceptors (Lipinski definition) is 7. The summed E-state index contributed by atoms with van der Waals surface area (Å²) >= 11 is 1.39. The minimum absolute atomic E-state index is 0.118. The van der Waals surface area contributed by atoms with Crippen molar-refractivity contribution < 1.29 is 9.90 Å². The van der Waals surface area contributed by atoms with Gasteiger partial charge in [-0.25, -0.2) is 10.9 Å². The van der Waals surface area contributed by atoms with Crippen molar-refractivity contribution in [1.29, 1.82) is 0 Å². The van der Waals surface area contributed by atoms with E-state index in [0.29, 0.717) is 11.6 Å².